The van der Waals surface area contributed by atoms with Crippen LogP contribution in [-0.4, -0.2) is 20.9 Å². The molecular formula is C13H14N2O2S. The summed E-state index contributed by atoms with van der Waals surface area (Å²) in [6.45, 7) is 2.61. The molecule has 18 heavy (non-hydrogen) atoms. The van der Waals surface area contributed by atoms with Gasteiger partial charge in [0.1, 0.15) is 4.88 Å². The summed E-state index contributed by atoms with van der Waals surface area (Å²) < 4.78 is 1.90. The lowest BCUT2D eigenvalue weighted by molar-refractivity contribution is 0.0702. The molecule has 2 heterocycles. The van der Waals surface area contributed by atoms with Crippen LogP contribution < -0.4 is 0 Å². The fourth-order valence-corrected chi connectivity index (χ4v) is 2.89. The van der Waals surface area contributed by atoms with Crippen molar-refractivity contribution < 1.29 is 9.90 Å². The Morgan fingerprint density at radius 3 is 3.00 bits per heavy atom. The average molecular weight is 262 g/mol. The molecule has 1 aliphatic rings. The predicted molar refractivity (Wildman–Crippen MR) is 69.3 cm³/mol. The number of aromatic carboxylic acids is 1. The average Bonchev–Trinajstić information content (AvgIpc) is 2.97. The van der Waals surface area contributed by atoms with E-state index in [0.717, 1.165) is 10.4 Å². The minimum Gasteiger partial charge on any atom is -0.477 e. The van der Waals surface area contributed by atoms with Gasteiger partial charge in [0.05, 0.1) is 12.2 Å². The molecule has 0 aliphatic heterocycles. The fourth-order valence-electron chi connectivity index (χ4n) is 2.02. The van der Waals surface area contributed by atoms with Crippen LogP contribution in [0.1, 0.15) is 44.6 Å². The van der Waals surface area contributed by atoms with Gasteiger partial charge in [0.25, 0.3) is 0 Å². The molecule has 0 saturated heterocycles. The summed E-state index contributed by atoms with van der Waals surface area (Å²) >= 11 is 1.33. The van der Waals surface area contributed by atoms with E-state index in [1.165, 1.54) is 29.9 Å². The first kappa shape index (κ1) is 11.5. The number of hydrogen-bond donors (Lipinski definition) is 1. The van der Waals surface area contributed by atoms with Crippen molar-refractivity contribution in [2.24, 2.45) is 0 Å². The molecule has 94 valence electrons. The van der Waals surface area contributed by atoms with Gasteiger partial charge in [-0.2, -0.15) is 5.10 Å². The number of aromatic nitrogens is 2. The van der Waals surface area contributed by atoms with E-state index in [9.17, 15) is 4.79 Å². The van der Waals surface area contributed by atoms with Crippen molar-refractivity contribution in [3.05, 3.63) is 39.3 Å². The molecule has 0 radical (unpaired) electrons. The van der Waals surface area contributed by atoms with Gasteiger partial charge in [-0.25, -0.2) is 4.79 Å². The van der Waals surface area contributed by atoms with Crippen molar-refractivity contribution in [1.29, 1.82) is 0 Å². The molecule has 1 saturated carbocycles. The van der Waals surface area contributed by atoms with Crippen molar-refractivity contribution in [2.45, 2.75) is 32.2 Å². The highest BCUT2D eigenvalue weighted by Crippen LogP contribution is 2.38. The quantitative estimate of drug-likeness (QED) is 0.921. The maximum Gasteiger partial charge on any atom is 0.345 e. The summed E-state index contributed by atoms with van der Waals surface area (Å²) in [5.41, 5.74) is 2.21. The molecule has 0 amide bonds. The topological polar surface area (TPSA) is 55.1 Å². The highest BCUT2D eigenvalue weighted by atomic mass is 32.1. The van der Waals surface area contributed by atoms with Crippen LogP contribution in [0.3, 0.4) is 0 Å². The highest BCUT2D eigenvalue weighted by Gasteiger charge is 2.25. The first-order chi connectivity index (χ1) is 8.63. The molecule has 5 heteroatoms. The second kappa shape index (κ2) is 4.24. The van der Waals surface area contributed by atoms with Crippen molar-refractivity contribution in [2.75, 3.05) is 0 Å². The van der Waals surface area contributed by atoms with Crippen molar-refractivity contribution in [1.82, 2.24) is 9.78 Å². The number of carboxylic acids is 1. The molecular weight excluding hydrogens is 248 g/mol. The SMILES string of the molecule is Cc1sc(C(=O)O)cc1Cn1ccc(C2CC2)n1. The molecule has 0 spiro atoms. The second-order valence-corrected chi connectivity index (χ2v) is 5.97. The van der Waals surface area contributed by atoms with Crippen LogP contribution in [0.15, 0.2) is 18.3 Å². The molecule has 1 aliphatic carbocycles. The Morgan fingerprint density at radius 2 is 2.39 bits per heavy atom. The maximum absolute atomic E-state index is 10.9. The molecule has 0 bridgehead atoms. The summed E-state index contributed by atoms with van der Waals surface area (Å²) in [4.78, 5) is 12.4. The Labute approximate surface area is 109 Å². The molecule has 2 aromatic heterocycles. The Balaban J connectivity index is 1.80. The molecule has 0 aromatic carbocycles. The van der Waals surface area contributed by atoms with Gasteiger partial charge in [0.15, 0.2) is 0 Å². The van der Waals surface area contributed by atoms with Gasteiger partial charge in [-0.15, -0.1) is 11.3 Å². The Bertz CT molecular complexity index is 596. The van der Waals surface area contributed by atoms with E-state index in [2.05, 4.69) is 11.2 Å². The number of nitrogens with zero attached hydrogens (tertiary/aromatic N) is 2. The third-order valence-electron chi connectivity index (χ3n) is 3.22. The van der Waals surface area contributed by atoms with Crippen LogP contribution in [0.4, 0.5) is 0 Å². The van der Waals surface area contributed by atoms with Crippen molar-refractivity contribution >= 4 is 17.3 Å². The molecule has 4 nitrogen and oxygen atoms in total. The number of hydrogen-bond acceptors (Lipinski definition) is 3. The zero-order chi connectivity index (χ0) is 12.7. The first-order valence-corrected chi connectivity index (χ1v) is 6.81. The van der Waals surface area contributed by atoms with Gasteiger partial charge in [0, 0.05) is 17.0 Å². The van der Waals surface area contributed by atoms with Gasteiger partial charge >= 0.3 is 5.97 Å². The number of rotatable bonds is 4. The number of carboxylic acid groups (broad SMARTS) is 1. The van der Waals surface area contributed by atoms with Gasteiger partial charge in [-0.05, 0) is 37.5 Å². The van der Waals surface area contributed by atoms with E-state index < -0.39 is 5.97 Å². The third kappa shape index (κ3) is 2.18. The van der Waals surface area contributed by atoms with Crippen molar-refractivity contribution in [3.8, 4) is 0 Å². The minimum absolute atomic E-state index is 0.400. The van der Waals surface area contributed by atoms with E-state index in [0.29, 0.717) is 17.3 Å². The predicted octanol–water partition coefficient (Wildman–Crippen LogP) is 2.88. The molecule has 2 aromatic rings. The standard InChI is InChI=1S/C13H14N2O2S/c1-8-10(6-12(18-8)13(16)17)7-15-5-4-11(14-15)9-2-3-9/h4-6,9H,2-3,7H2,1H3,(H,16,17). The molecule has 1 N–H and O–H groups in total. The van der Waals surface area contributed by atoms with E-state index in [-0.39, 0.29) is 0 Å². The largest absolute Gasteiger partial charge is 0.477 e. The van der Waals surface area contributed by atoms with Crippen LogP contribution in [0.5, 0.6) is 0 Å². The molecule has 0 atom stereocenters. The fraction of sp³-hybridized carbons (Fsp3) is 0.385. The van der Waals surface area contributed by atoms with Crippen LogP contribution >= 0.6 is 11.3 Å². The third-order valence-corrected chi connectivity index (χ3v) is 4.30. The summed E-state index contributed by atoms with van der Waals surface area (Å²) in [6.07, 6.45) is 4.47. The van der Waals surface area contributed by atoms with Crippen LogP contribution in [0.2, 0.25) is 0 Å². The van der Waals surface area contributed by atoms with Gasteiger partial charge < -0.3 is 5.11 Å². The molecule has 0 unspecified atom stereocenters. The van der Waals surface area contributed by atoms with E-state index in [4.69, 9.17) is 5.11 Å². The zero-order valence-electron chi connectivity index (χ0n) is 10.1. The normalized spacial score (nSPS) is 14.9. The van der Waals surface area contributed by atoms with E-state index in [1.807, 2.05) is 17.8 Å². The van der Waals surface area contributed by atoms with E-state index >= 15 is 0 Å². The lowest BCUT2D eigenvalue weighted by Gasteiger charge is -2.00. The van der Waals surface area contributed by atoms with Gasteiger partial charge in [0.2, 0.25) is 0 Å². The summed E-state index contributed by atoms with van der Waals surface area (Å²) in [5.74, 6) is -0.196. The monoisotopic (exact) mass is 262 g/mol. The Kier molecular flexibility index (Phi) is 2.70. The second-order valence-electron chi connectivity index (χ2n) is 4.71. The number of carbonyl (C=O) groups is 1. The van der Waals surface area contributed by atoms with E-state index in [1.54, 1.807) is 6.07 Å². The van der Waals surface area contributed by atoms with Crippen molar-refractivity contribution in [3.63, 3.8) is 0 Å². The Hall–Kier alpha value is -1.62. The van der Waals surface area contributed by atoms with Crippen LogP contribution in [0, 0.1) is 6.92 Å². The van der Waals surface area contributed by atoms with Crippen LogP contribution in [-0.2, 0) is 6.54 Å². The zero-order valence-corrected chi connectivity index (χ0v) is 10.9. The highest BCUT2D eigenvalue weighted by molar-refractivity contribution is 7.14. The summed E-state index contributed by atoms with van der Waals surface area (Å²) in [7, 11) is 0. The minimum atomic E-state index is -0.853. The lowest BCUT2D eigenvalue weighted by atomic mass is 10.2. The van der Waals surface area contributed by atoms with Crippen LogP contribution in [0.25, 0.3) is 0 Å². The smallest absolute Gasteiger partial charge is 0.345 e. The molecule has 1 fully saturated rings. The lowest BCUT2D eigenvalue weighted by Crippen LogP contribution is -2.01. The number of thiophene rings is 1. The summed E-state index contributed by atoms with van der Waals surface area (Å²) in [5, 5.41) is 13.5. The van der Waals surface area contributed by atoms with Gasteiger partial charge in [-0.3, -0.25) is 4.68 Å². The number of aryl methyl sites for hydroxylation is 1. The van der Waals surface area contributed by atoms with Gasteiger partial charge in [-0.1, -0.05) is 0 Å². The first-order valence-electron chi connectivity index (χ1n) is 5.99. The Morgan fingerprint density at radius 1 is 1.61 bits per heavy atom. The molecule has 3 rings (SSSR count). The summed E-state index contributed by atoms with van der Waals surface area (Å²) in [6, 6.07) is 3.82. The maximum atomic E-state index is 10.9.